The van der Waals surface area contributed by atoms with Crippen LogP contribution in [0.4, 0.5) is 4.39 Å². The summed E-state index contributed by atoms with van der Waals surface area (Å²) in [5.74, 6) is -0.729. The lowest BCUT2D eigenvalue weighted by Crippen LogP contribution is -1.93. The third-order valence-corrected chi connectivity index (χ3v) is 1.96. The first-order chi connectivity index (χ1) is 6.72. The van der Waals surface area contributed by atoms with E-state index in [1.165, 1.54) is 12.3 Å². The lowest BCUT2D eigenvalue weighted by atomic mass is 10.2. The Morgan fingerprint density at radius 1 is 1.43 bits per heavy atom. The molecule has 14 heavy (non-hydrogen) atoms. The van der Waals surface area contributed by atoms with Crippen molar-refractivity contribution in [1.82, 2.24) is 9.97 Å². The summed E-state index contributed by atoms with van der Waals surface area (Å²) >= 11 is 5.61. The van der Waals surface area contributed by atoms with Crippen LogP contribution in [0, 0.1) is 17.1 Å². The van der Waals surface area contributed by atoms with Crippen LogP contribution in [-0.2, 0) is 0 Å². The van der Waals surface area contributed by atoms with Gasteiger partial charge in [-0.05, 0) is 12.1 Å². The fourth-order valence-corrected chi connectivity index (χ4v) is 1.25. The summed E-state index contributed by atoms with van der Waals surface area (Å²) in [5, 5.41) is 9.24. The van der Waals surface area contributed by atoms with Crippen LogP contribution in [0.1, 0.15) is 5.69 Å². The van der Waals surface area contributed by atoms with Gasteiger partial charge in [0.25, 0.3) is 0 Å². The Kier molecular flexibility index (Phi) is 2.02. The predicted octanol–water partition coefficient (Wildman–Crippen LogP) is 2.29. The molecule has 2 heterocycles. The van der Waals surface area contributed by atoms with E-state index in [2.05, 4.69) is 9.97 Å². The van der Waals surface area contributed by atoms with Gasteiger partial charge in [-0.15, -0.1) is 0 Å². The molecule has 0 aliphatic carbocycles. The molecule has 0 fully saturated rings. The highest BCUT2D eigenvalue weighted by Crippen LogP contribution is 2.18. The molecule has 5 heteroatoms. The molecule has 0 bridgehead atoms. The largest absolute Gasteiger partial charge is 0.242 e. The molecule has 3 nitrogen and oxygen atoms in total. The molecule has 0 amide bonds. The maximum absolute atomic E-state index is 13.4. The van der Waals surface area contributed by atoms with Gasteiger partial charge in [0.15, 0.2) is 11.5 Å². The minimum absolute atomic E-state index is 0.0732. The summed E-state index contributed by atoms with van der Waals surface area (Å²) in [4.78, 5) is 7.42. The minimum atomic E-state index is -0.729. The van der Waals surface area contributed by atoms with Crippen molar-refractivity contribution in [2.45, 2.75) is 0 Å². The van der Waals surface area contributed by atoms with Crippen LogP contribution >= 0.6 is 11.6 Å². The molecule has 0 saturated carbocycles. The highest BCUT2D eigenvalue weighted by atomic mass is 35.5. The number of rotatable bonds is 0. The average Bonchev–Trinajstić information content (AvgIpc) is 2.20. The first-order valence-corrected chi connectivity index (χ1v) is 4.11. The first-order valence-electron chi connectivity index (χ1n) is 3.73. The average molecular weight is 208 g/mol. The lowest BCUT2D eigenvalue weighted by Gasteiger charge is -1.99. The van der Waals surface area contributed by atoms with Crippen LogP contribution in [0.25, 0.3) is 10.9 Å². The van der Waals surface area contributed by atoms with Crippen molar-refractivity contribution >= 4 is 22.5 Å². The molecule has 0 N–H and O–H groups in total. The maximum Gasteiger partial charge on any atom is 0.185 e. The Hall–Kier alpha value is -1.73. The van der Waals surface area contributed by atoms with Gasteiger partial charge in [0.05, 0.1) is 0 Å². The number of nitrogens with zero attached hydrogens (tertiary/aromatic N) is 3. The Bertz CT molecular complexity index is 547. The predicted molar refractivity (Wildman–Crippen MR) is 49.2 cm³/mol. The van der Waals surface area contributed by atoms with E-state index in [0.29, 0.717) is 5.39 Å². The van der Waals surface area contributed by atoms with E-state index in [-0.39, 0.29) is 16.4 Å². The summed E-state index contributed by atoms with van der Waals surface area (Å²) < 4.78 is 13.4. The van der Waals surface area contributed by atoms with Gasteiger partial charge in [0.2, 0.25) is 0 Å². The van der Waals surface area contributed by atoms with Gasteiger partial charge in [0, 0.05) is 11.6 Å². The Labute approximate surface area is 83.8 Å². The molecule has 0 radical (unpaired) electrons. The zero-order chi connectivity index (χ0) is 10.1. The normalized spacial score (nSPS) is 10.1. The Morgan fingerprint density at radius 3 is 2.93 bits per heavy atom. The topological polar surface area (TPSA) is 49.6 Å². The van der Waals surface area contributed by atoms with Crippen molar-refractivity contribution < 1.29 is 4.39 Å². The number of hydrogen-bond donors (Lipinski definition) is 0. The molecule has 0 saturated heterocycles. The molecule has 0 atom stereocenters. The van der Waals surface area contributed by atoms with Gasteiger partial charge in [0.1, 0.15) is 16.7 Å². The van der Waals surface area contributed by atoms with Crippen LogP contribution in [0.15, 0.2) is 18.3 Å². The fourth-order valence-electron chi connectivity index (χ4n) is 1.11. The van der Waals surface area contributed by atoms with Crippen molar-refractivity contribution in [1.29, 1.82) is 5.26 Å². The van der Waals surface area contributed by atoms with Crippen LogP contribution in [0.3, 0.4) is 0 Å². The Morgan fingerprint density at radius 2 is 2.21 bits per heavy atom. The first kappa shape index (κ1) is 8.85. The number of nitriles is 1. The molecule has 0 aliphatic heterocycles. The van der Waals surface area contributed by atoms with E-state index in [9.17, 15) is 4.39 Å². The highest BCUT2D eigenvalue weighted by Gasteiger charge is 2.09. The third-order valence-electron chi connectivity index (χ3n) is 1.75. The molecular weight excluding hydrogens is 205 g/mol. The van der Waals surface area contributed by atoms with Crippen molar-refractivity contribution in [3.63, 3.8) is 0 Å². The second kappa shape index (κ2) is 3.20. The van der Waals surface area contributed by atoms with Crippen molar-refractivity contribution in [2.24, 2.45) is 0 Å². The monoisotopic (exact) mass is 207 g/mol. The molecule has 0 unspecified atom stereocenters. The third kappa shape index (κ3) is 1.28. The van der Waals surface area contributed by atoms with Crippen molar-refractivity contribution in [3.8, 4) is 6.07 Å². The SMILES string of the molecule is N#Cc1ncc2ccc(Cl)nc2c1F. The van der Waals surface area contributed by atoms with Crippen molar-refractivity contribution in [2.75, 3.05) is 0 Å². The maximum atomic E-state index is 13.4. The van der Waals surface area contributed by atoms with Gasteiger partial charge < -0.3 is 0 Å². The molecule has 2 aromatic heterocycles. The molecule has 0 aliphatic rings. The number of fused-ring (bicyclic) bond motifs is 1. The van der Waals surface area contributed by atoms with E-state index >= 15 is 0 Å². The van der Waals surface area contributed by atoms with Gasteiger partial charge in [-0.2, -0.15) is 5.26 Å². The number of pyridine rings is 2. The quantitative estimate of drug-likeness (QED) is 0.623. The second-order valence-corrected chi connectivity index (χ2v) is 2.99. The summed E-state index contributed by atoms with van der Waals surface area (Å²) in [6, 6.07) is 4.78. The summed E-state index contributed by atoms with van der Waals surface area (Å²) in [5.41, 5.74) is -0.198. The zero-order valence-electron chi connectivity index (χ0n) is 6.83. The highest BCUT2D eigenvalue weighted by molar-refractivity contribution is 6.29. The summed E-state index contributed by atoms with van der Waals surface area (Å²) in [7, 11) is 0. The fraction of sp³-hybridized carbons (Fsp3) is 0. The standard InChI is InChI=1S/C9H3ClFN3/c10-7-2-1-5-4-13-6(3-12)8(11)9(5)14-7/h1-2,4H. The van der Waals surface area contributed by atoms with E-state index < -0.39 is 5.82 Å². The van der Waals surface area contributed by atoms with Gasteiger partial charge in [-0.25, -0.2) is 14.4 Å². The summed E-state index contributed by atoms with van der Waals surface area (Å²) in [6.07, 6.45) is 1.39. The smallest absolute Gasteiger partial charge is 0.185 e. The molecule has 2 rings (SSSR count). The second-order valence-electron chi connectivity index (χ2n) is 2.60. The van der Waals surface area contributed by atoms with E-state index in [4.69, 9.17) is 16.9 Å². The van der Waals surface area contributed by atoms with Crippen LogP contribution in [0.5, 0.6) is 0 Å². The van der Waals surface area contributed by atoms with Crippen molar-refractivity contribution in [3.05, 3.63) is 35.0 Å². The van der Waals surface area contributed by atoms with Crippen LogP contribution in [-0.4, -0.2) is 9.97 Å². The van der Waals surface area contributed by atoms with E-state index in [1.54, 1.807) is 12.1 Å². The van der Waals surface area contributed by atoms with Crippen LogP contribution in [0.2, 0.25) is 5.15 Å². The molecular formula is C9H3ClFN3. The van der Waals surface area contributed by atoms with Gasteiger partial charge in [-0.3, -0.25) is 0 Å². The van der Waals surface area contributed by atoms with Crippen LogP contribution < -0.4 is 0 Å². The van der Waals surface area contributed by atoms with E-state index in [1.807, 2.05) is 0 Å². The molecule has 0 spiro atoms. The van der Waals surface area contributed by atoms with Gasteiger partial charge >= 0.3 is 0 Å². The lowest BCUT2D eigenvalue weighted by molar-refractivity contribution is 0.626. The number of aromatic nitrogens is 2. The minimum Gasteiger partial charge on any atom is -0.242 e. The number of hydrogen-bond acceptors (Lipinski definition) is 3. The molecule has 68 valence electrons. The Balaban J connectivity index is 2.88. The summed E-state index contributed by atoms with van der Waals surface area (Å²) in [6.45, 7) is 0. The van der Waals surface area contributed by atoms with Gasteiger partial charge in [-0.1, -0.05) is 11.6 Å². The molecule has 2 aromatic rings. The van der Waals surface area contributed by atoms with E-state index in [0.717, 1.165) is 0 Å². The number of halogens is 2. The zero-order valence-corrected chi connectivity index (χ0v) is 7.59. The molecule has 0 aromatic carbocycles.